The summed E-state index contributed by atoms with van der Waals surface area (Å²) in [5.41, 5.74) is 0. The van der Waals surface area contributed by atoms with E-state index >= 15 is 0 Å². The Labute approximate surface area is 109 Å². The van der Waals surface area contributed by atoms with E-state index in [0.29, 0.717) is 19.4 Å². The average Bonchev–Trinajstić information content (AvgIpc) is 2.84. The Bertz CT molecular complexity index is 335. The Morgan fingerprint density at radius 1 is 1.26 bits per heavy atom. The molecular formula is C11H19NO7. The van der Waals surface area contributed by atoms with Crippen molar-refractivity contribution >= 4 is 11.8 Å². The lowest BCUT2D eigenvalue weighted by molar-refractivity contribution is -0.145. The van der Waals surface area contributed by atoms with Crippen molar-refractivity contribution in [3.8, 4) is 0 Å². The summed E-state index contributed by atoms with van der Waals surface area (Å²) in [4.78, 5) is 24.0. The summed E-state index contributed by atoms with van der Waals surface area (Å²) in [6, 6.07) is -0.768. The summed E-state index contributed by atoms with van der Waals surface area (Å²) >= 11 is 0. The van der Waals surface area contributed by atoms with E-state index < -0.39 is 42.7 Å². The second-order valence-electron chi connectivity index (χ2n) is 4.62. The molecule has 1 aliphatic rings. The maximum absolute atomic E-state index is 11.7. The van der Waals surface area contributed by atoms with Gasteiger partial charge in [-0.25, -0.2) is 0 Å². The molecular weight excluding hydrogens is 258 g/mol. The number of ketones is 1. The molecule has 4 atom stereocenters. The zero-order valence-corrected chi connectivity index (χ0v) is 10.3. The first-order valence-electron chi connectivity index (χ1n) is 6.03. The fraction of sp³-hybridized carbons (Fsp3) is 0.818. The van der Waals surface area contributed by atoms with Crippen LogP contribution in [-0.4, -0.2) is 86.2 Å². The van der Waals surface area contributed by atoms with E-state index in [1.54, 1.807) is 0 Å². The minimum atomic E-state index is -1.85. The summed E-state index contributed by atoms with van der Waals surface area (Å²) < 4.78 is 0. The summed E-state index contributed by atoms with van der Waals surface area (Å²) in [6.07, 6.45) is -4.18. The van der Waals surface area contributed by atoms with E-state index in [1.165, 1.54) is 4.90 Å². The first kappa shape index (κ1) is 16.0. The van der Waals surface area contributed by atoms with Gasteiger partial charge in [-0.2, -0.15) is 0 Å². The lowest BCUT2D eigenvalue weighted by atomic mass is 10.0. The van der Waals surface area contributed by atoms with Crippen LogP contribution in [0.5, 0.6) is 0 Å². The van der Waals surface area contributed by atoms with Crippen molar-refractivity contribution in [2.24, 2.45) is 0 Å². The molecule has 8 heteroatoms. The van der Waals surface area contributed by atoms with Gasteiger partial charge in [0.05, 0.1) is 13.2 Å². The van der Waals surface area contributed by atoms with Crippen LogP contribution in [0.1, 0.15) is 12.8 Å². The first-order chi connectivity index (χ1) is 8.88. The number of carboxylic acid groups (broad SMARTS) is 1. The van der Waals surface area contributed by atoms with E-state index in [0.717, 1.165) is 0 Å². The maximum atomic E-state index is 11.7. The largest absolute Gasteiger partial charge is 0.480 e. The Hall–Kier alpha value is -1.06. The van der Waals surface area contributed by atoms with Crippen LogP contribution < -0.4 is 0 Å². The highest BCUT2D eigenvalue weighted by molar-refractivity contribution is 5.86. The molecule has 0 aromatic carbocycles. The molecule has 0 unspecified atom stereocenters. The Morgan fingerprint density at radius 3 is 2.42 bits per heavy atom. The predicted molar refractivity (Wildman–Crippen MR) is 62.3 cm³/mol. The molecule has 0 spiro atoms. The van der Waals surface area contributed by atoms with Gasteiger partial charge in [0.1, 0.15) is 24.4 Å². The third-order valence-electron chi connectivity index (χ3n) is 3.24. The fourth-order valence-electron chi connectivity index (χ4n) is 2.10. The van der Waals surface area contributed by atoms with Gasteiger partial charge in [0.15, 0.2) is 5.78 Å². The van der Waals surface area contributed by atoms with Crippen molar-refractivity contribution in [3.05, 3.63) is 0 Å². The van der Waals surface area contributed by atoms with Crippen LogP contribution in [0.2, 0.25) is 0 Å². The maximum Gasteiger partial charge on any atom is 0.320 e. The number of carbonyl (C=O) groups is 2. The topological polar surface area (TPSA) is 139 Å². The zero-order chi connectivity index (χ0) is 14.6. The third-order valence-corrected chi connectivity index (χ3v) is 3.24. The number of Topliss-reactive ketones (excluding diaryl/α,β-unsaturated/α-hetero) is 1. The highest BCUT2D eigenvalue weighted by atomic mass is 16.4. The van der Waals surface area contributed by atoms with Crippen LogP contribution in [0.4, 0.5) is 0 Å². The van der Waals surface area contributed by atoms with Gasteiger partial charge in [0.2, 0.25) is 0 Å². The molecule has 1 aliphatic heterocycles. The normalized spacial score (nSPS) is 24.9. The minimum Gasteiger partial charge on any atom is -0.480 e. The lowest BCUT2D eigenvalue weighted by Gasteiger charge is -2.24. The smallest absolute Gasteiger partial charge is 0.320 e. The summed E-state index contributed by atoms with van der Waals surface area (Å²) in [5, 5.41) is 45.6. The van der Waals surface area contributed by atoms with Crippen molar-refractivity contribution in [2.45, 2.75) is 37.2 Å². The number of carboxylic acids is 1. The van der Waals surface area contributed by atoms with Crippen LogP contribution >= 0.6 is 0 Å². The van der Waals surface area contributed by atoms with Crippen molar-refractivity contribution in [1.29, 1.82) is 0 Å². The van der Waals surface area contributed by atoms with E-state index in [9.17, 15) is 19.8 Å². The number of aliphatic hydroxyl groups excluding tert-OH is 4. The Balaban J connectivity index is 2.56. The fourth-order valence-corrected chi connectivity index (χ4v) is 2.10. The second kappa shape index (κ2) is 6.92. The Morgan fingerprint density at radius 2 is 1.89 bits per heavy atom. The molecule has 1 saturated heterocycles. The zero-order valence-electron chi connectivity index (χ0n) is 10.3. The molecule has 110 valence electrons. The average molecular weight is 277 g/mol. The van der Waals surface area contributed by atoms with Gasteiger partial charge in [-0.1, -0.05) is 0 Å². The van der Waals surface area contributed by atoms with E-state index in [1.807, 2.05) is 0 Å². The number of hydrogen-bond donors (Lipinski definition) is 5. The number of carbonyl (C=O) groups excluding carboxylic acids is 1. The standard InChI is InChI=1S/C11H19NO7/c13-5-8(15)10(17)9(16)7(14)4-12-3-1-2-6(12)11(18)19/h6,8-10,13,15-17H,1-5H2,(H,18,19)/t6-,8+,9+,10+/m0/s1. The summed E-state index contributed by atoms with van der Waals surface area (Å²) in [6.45, 7) is -0.672. The summed E-state index contributed by atoms with van der Waals surface area (Å²) in [5.74, 6) is -1.82. The molecule has 0 bridgehead atoms. The van der Waals surface area contributed by atoms with Crippen LogP contribution in [0.15, 0.2) is 0 Å². The van der Waals surface area contributed by atoms with Crippen molar-refractivity contribution in [2.75, 3.05) is 19.7 Å². The van der Waals surface area contributed by atoms with Crippen LogP contribution in [0, 0.1) is 0 Å². The minimum absolute atomic E-state index is 0.312. The van der Waals surface area contributed by atoms with E-state index in [4.69, 9.17) is 15.3 Å². The van der Waals surface area contributed by atoms with Gasteiger partial charge in [-0.05, 0) is 19.4 Å². The molecule has 0 radical (unpaired) electrons. The van der Waals surface area contributed by atoms with Crippen molar-refractivity contribution in [3.63, 3.8) is 0 Å². The van der Waals surface area contributed by atoms with Crippen LogP contribution in [0.3, 0.4) is 0 Å². The first-order valence-corrected chi connectivity index (χ1v) is 6.03. The number of hydrogen-bond acceptors (Lipinski definition) is 7. The van der Waals surface area contributed by atoms with E-state index in [2.05, 4.69) is 0 Å². The summed E-state index contributed by atoms with van der Waals surface area (Å²) in [7, 11) is 0. The van der Waals surface area contributed by atoms with Gasteiger partial charge in [0.25, 0.3) is 0 Å². The SMILES string of the molecule is O=C(CN1CCC[C@H]1C(=O)O)[C@@H](O)[C@H](O)[C@H](O)CO. The third kappa shape index (κ3) is 3.95. The molecule has 0 aromatic rings. The molecule has 0 aliphatic carbocycles. The number of aliphatic carboxylic acids is 1. The molecule has 0 saturated carbocycles. The molecule has 8 nitrogen and oxygen atoms in total. The van der Waals surface area contributed by atoms with Gasteiger partial charge in [-0.3, -0.25) is 14.5 Å². The lowest BCUT2D eigenvalue weighted by Crippen LogP contribution is -2.48. The molecule has 1 rings (SSSR count). The van der Waals surface area contributed by atoms with Gasteiger partial charge in [0, 0.05) is 0 Å². The van der Waals surface area contributed by atoms with Gasteiger partial charge >= 0.3 is 5.97 Å². The molecule has 19 heavy (non-hydrogen) atoms. The predicted octanol–water partition coefficient (Wildman–Crippen LogP) is -2.82. The number of rotatable bonds is 7. The monoisotopic (exact) mass is 277 g/mol. The van der Waals surface area contributed by atoms with Gasteiger partial charge in [-0.15, -0.1) is 0 Å². The molecule has 1 fully saturated rings. The molecule has 5 N–H and O–H groups in total. The highest BCUT2D eigenvalue weighted by Gasteiger charge is 2.35. The molecule has 0 aromatic heterocycles. The molecule has 0 amide bonds. The number of aliphatic hydroxyl groups is 4. The van der Waals surface area contributed by atoms with Crippen LogP contribution in [-0.2, 0) is 9.59 Å². The number of nitrogens with zero attached hydrogens (tertiary/aromatic N) is 1. The Kier molecular flexibility index (Phi) is 5.83. The van der Waals surface area contributed by atoms with Crippen LogP contribution in [0.25, 0.3) is 0 Å². The number of likely N-dealkylation sites (tertiary alicyclic amines) is 1. The quantitative estimate of drug-likeness (QED) is 0.336. The van der Waals surface area contributed by atoms with Gasteiger partial charge < -0.3 is 25.5 Å². The highest BCUT2D eigenvalue weighted by Crippen LogP contribution is 2.17. The second-order valence-corrected chi connectivity index (χ2v) is 4.62. The van der Waals surface area contributed by atoms with Crippen molar-refractivity contribution in [1.82, 2.24) is 4.90 Å². The van der Waals surface area contributed by atoms with E-state index in [-0.39, 0.29) is 6.54 Å². The molecule has 1 heterocycles. The van der Waals surface area contributed by atoms with Crippen molar-refractivity contribution < 1.29 is 35.1 Å².